The first kappa shape index (κ1) is 16.2. The molecule has 126 valence electrons. The number of nitrogens with zero attached hydrogens (tertiary/aromatic N) is 3. The van der Waals surface area contributed by atoms with Crippen molar-refractivity contribution in [2.45, 2.75) is 25.9 Å². The molecule has 0 atom stereocenters. The van der Waals surface area contributed by atoms with E-state index in [1.54, 1.807) is 11.0 Å². The lowest BCUT2D eigenvalue weighted by Crippen LogP contribution is -2.34. The number of benzene rings is 1. The van der Waals surface area contributed by atoms with Gasteiger partial charge in [-0.3, -0.25) is 4.79 Å². The normalized spacial score (nSPS) is 14.5. The van der Waals surface area contributed by atoms with Gasteiger partial charge in [0.05, 0.1) is 0 Å². The van der Waals surface area contributed by atoms with Gasteiger partial charge in [0.2, 0.25) is 5.91 Å². The number of fused-ring (bicyclic) bond motifs is 1. The standard InChI is InChI=1S/C16H15F3N4O/c1-2-23-12-5-4-11(9-10(12)3-8-15(23)24)20-14-7-6-13(21-22-14)16(17,18)19/h4-7,9H,2-3,8H2,1H3,(H,20,22). The van der Waals surface area contributed by atoms with Gasteiger partial charge < -0.3 is 10.2 Å². The maximum Gasteiger partial charge on any atom is 0.435 e. The SMILES string of the molecule is CCN1C(=O)CCc2cc(Nc3ccc(C(F)(F)F)nn3)ccc21. The predicted octanol–water partition coefficient (Wildman–Crippen LogP) is 3.54. The van der Waals surface area contributed by atoms with Gasteiger partial charge >= 0.3 is 6.18 Å². The van der Waals surface area contributed by atoms with Crippen molar-refractivity contribution >= 4 is 23.1 Å². The van der Waals surface area contributed by atoms with E-state index in [2.05, 4.69) is 15.5 Å². The van der Waals surface area contributed by atoms with Crippen molar-refractivity contribution in [3.8, 4) is 0 Å². The minimum atomic E-state index is -4.51. The average Bonchev–Trinajstić information content (AvgIpc) is 2.54. The van der Waals surface area contributed by atoms with Gasteiger partial charge in [-0.25, -0.2) is 0 Å². The van der Waals surface area contributed by atoms with E-state index in [0.717, 1.165) is 17.3 Å². The Hall–Kier alpha value is -2.64. The van der Waals surface area contributed by atoms with Gasteiger partial charge in [-0.2, -0.15) is 13.2 Å². The fourth-order valence-corrected chi connectivity index (χ4v) is 2.68. The molecular weight excluding hydrogens is 321 g/mol. The molecule has 24 heavy (non-hydrogen) atoms. The first-order valence-corrected chi connectivity index (χ1v) is 7.49. The van der Waals surface area contributed by atoms with Crippen LogP contribution < -0.4 is 10.2 Å². The van der Waals surface area contributed by atoms with Crippen molar-refractivity contribution in [2.24, 2.45) is 0 Å². The van der Waals surface area contributed by atoms with Crippen molar-refractivity contribution < 1.29 is 18.0 Å². The Morgan fingerprint density at radius 3 is 2.58 bits per heavy atom. The Labute approximate surface area is 136 Å². The molecule has 0 unspecified atom stereocenters. The topological polar surface area (TPSA) is 58.1 Å². The zero-order valence-electron chi connectivity index (χ0n) is 12.9. The number of halogens is 3. The zero-order chi connectivity index (χ0) is 17.3. The number of alkyl halides is 3. The number of aromatic nitrogens is 2. The van der Waals surface area contributed by atoms with E-state index in [0.29, 0.717) is 25.1 Å². The number of nitrogens with one attached hydrogen (secondary N) is 1. The molecule has 1 aliphatic rings. The second kappa shape index (κ2) is 6.10. The maximum atomic E-state index is 12.5. The summed E-state index contributed by atoms with van der Waals surface area (Å²) in [5.74, 6) is 0.321. The molecule has 1 aliphatic heterocycles. The molecular formula is C16H15F3N4O. The van der Waals surface area contributed by atoms with Gasteiger partial charge in [-0.1, -0.05) is 0 Å². The lowest BCUT2D eigenvalue weighted by Gasteiger charge is -2.28. The van der Waals surface area contributed by atoms with Gasteiger partial charge in [-0.15, -0.1) is 10.2 Å². The number of hydrogen-bond donors (Lipinski definition) is 1. The molecule has 0 saturated carbocycles. The van der Waals surface area contributed by atoms with Crippen molar-refractivity contribution in [2.75, 3.05) is 16.8 Å². The fraction of sp³-hybridized carbons (Fsp3) is 0.312. The largest absolute Gasteiger partial charge is 0.435 e. The summed E-state index contributed by atoms with van der Waals surface area (Å²) in [7, 11) is 0. The van der Waals surface area contributed by atoms with E-state index in [1.165, 1.54) is 6.07 Å². The molecule has 0 spiro atoms. The summed E-state index contributed by atoms with van der Waals surface area (Å²) in [5, 5.41) is 9.66. The number of rotatable bonds is 3. The van der Waals surface area contributed by atoms with Crippen LogP contribution in [0.1, 0.15) is 24.6 Å². The van der Waals surface area contributed by atoms with Gasteiger partial charge in [0, 0.05) is 24.3 Å². The Morgan fingerprint density at radius 2 is 1.96 bits per heavy atom. The van der Waals surface area contributed by atoms with E-state index in [1.807, 2.05) is 19.1 Å². The number of aryl methyl sites for hydroxylation is 1. The Morgan fingerprint density at radius 1 is 1.17 bits per heavy atom. The van der Waals surface area contributed by atoms with Crippen LogP contribution in [0, 0.1) is 0 Å². The Balaban J connectivity index is 1.81. The molecule has 0 bridgehead atoms. The molecule has 0 fully saturated rings. The third-order valence-electron chi connectivity index (χ3n) is 3.82. The van der Waals surface area contributed by atoms with Gasteiger partial charge in [0.15, 0.2) is 11.5 Å². The van der Waals surface area contributed by atoms with E-state index < -0.39 is 11.9 Å². The Bertz CT molecular complexity index is 759. The molecule has 2 heterocycles. The van der Waals surface area contributed by atoms with Crippen LogP contribution in [0.2, 0.25) is 0 Å². The van der Waals surface area contributed by atoms with Crippen molar-refractivity contribution in [3.05, 3.63) is 41.6 Å². The molecule has 2 aromatic rings. The van der Waals surface area contributed by atoms with Gasteiger partial charge in [-0.05, 0) is 49.2 Å². The highest BCUT2D eigenvalue weighted by Gasteiger charge is 2.32. The van der Waals surface area contributed by atoms with E-state index in [-0.39, 0.29) is 11.7 Å². The van der Waals surface area contributed by atoms with Crippen LogP contribution in [0.4, 0.5) is 30.4 Å². The fourth-order valence-electron chi connectivity index (χ4n) is 2.68. The number of hydrogen-bond acceptors (Lipinski definition) is 4. The minimum Gasteiger partial charge on any atom is -0.339 e. The number of anilines is 3. The predicted molar refractivity (Wildman–Crippen MR) is 83.1 cm³/mol. The first-order chi connectivity index (χ1) is 11.4. The Kier molecular flexibility index (Phi) is 4.13. The van der Waals surface area contributed by atoms with Crippen LogP contribution in [0.15, 0.2) is 30.3 Å². The first-order valence-electron chi connectivity index (χ1n) is 7.49. The van der Waals surface area contributed by atoms with Crippen molar-refractivity contribution in [1.82, 2.24) is 10.2 Å². The molecule has 8 heteroatoms. The molecule has 1 aromatic carbocycles. The van der Waals surface area contributed by atoms with Crippen LogP contribution in [-0.4, -0.2) is 22.6 Å². The molecule has 0 aliphatic carbocycles. The van der Waals surface area contributed by atoms with Crippen LogP contribution in [0.5, 0.6) is 0 Å². The minimum absolute atomic E-state index is 0.0966. The smallest absolute Gasteiger partial charge is 0.339 e. The number of amides is 1. The molecule has 1 N–H and O–H groups in total. The molecule has 1 aromatic heterocycles. The lowest BCUT2D eigenvalue weighted by atomic mass is 10.0. The van der Waals surface area contributed by atoms with Gasteiger partial charge in [0.25, 0.3) is 0 Å². The quantitative estimate of drug-likeness (QED) is 0.931. The highest BCUT2D eigenvalue weighted by atomic mass is 19.4. The maximum absolute atomic E-state index is 12.5. The summed E-state index contributed by atoms with van der Waals surface area (Å²) >= 11 is 0. The summed E-state index contributed by atoms with van der Waals surface area (Å²) in [4.78, 5) is 13.6. The second-order valence-electron chi connectivity index (χ2n) is 5.41. The van der Waals surface area contributed by atoms with E-state index in [9.17, 15) is 18.0 Å². The number of carbonyl (C=O) groups excluding carboxylic acids is 1. The van der Waals surface area contributed by atoms with Crippen LogP contribution >= 0.6 is 0 Å². The summed E-state index contributed by atoms with van der Waals surface area (Å²) in [6.45, 7) is 2.51. The lowest BCUT2D eigenvalue weighted by molar-refractivity contribution is -0.141. The second-order valence-corrected chi connectivity index (χ2v) is 5.41. The van der Waals surface area contributed by atoms with Crippen molar-refractivity contribution in [1.29, 1.82) is 0 Å². The summed E-state index contributed by atoms with van der Waals surface area (Å²) in [6.07, 6.45) is -3.42. The summed E-state index contributed by atoms with van der Waals surface area (Å²) < 4.78 is 37.4. The van der Waals surface area contributed by atoms with E-state index >= 15 is 0 Å². The number of carbonyl (C=O) groups is 1. The average molecular weight is 336 g/mol. The molecule has 0 radical (unpaired) electrons. The van der Waals surface area contributed by atoms with Crippen LogP contribution in [0.25, 0.3) is 0 Å². The van der Waals surface area contributed by atoms with Crippen molar-refractivity contribution in [3.63, 3.8) is 0 Å². The third-order valence-corrected chi connectivity index (χ3v) is 3.82. The molecule has 1 amide bonds. The van der Waals surface area contributed by atoms with Crippen LogP contribution in [-0.2, 0) is 17.4 Å². The highest BCUT2D eigenvalue weighted by molar-refractivity contribution is 5.96. The highest BCUT2D eigenvalue weighted by Crippen LogP contribution is 2.31. The van der Waals surface area contributed by atoms with Crippen LogP contribution in [0.3, 0.4) is 0 Å². The third kappa shape index (κ3) is 3.17. The monoisotopic (exact) mass is 336 g/mol. The summed E-state index contributed by atoms with van der Waals surface area (Å²) in [6, 6.07) is 7.58. The van der Waals surface area contributed by atoms with Gasteiger partial charge in [0.1, 0.15) is 0 Å². The molecule has 3 rings (SSSR count). The zero-order valence-corrected chi connectivity index (χ0v) is 12.9. The molecule has 5 nitrogen and oxygen atoms in total. The van der Waals surface area contributed by atoms with E-state index in [4.69, 9.17) is 0 Å². The molecule has 0 saturated heterocycles. The summed E-state index contributed by atoms with van der Waals surface area (Å²) in [5.41, 5.74) is 1.54.